The molecule has 21 heteroatoms. The highest BCUT2D eigenvalue weighted by Crippen LogP contribution is 2.41. The van der Waals surface area contributed by atoms with E-state index in [0.29, 0.717) is 50.1 Å². The van der Waals surface area contributed by atoms with Crippen molar-refractivity contribution in [2.24, 2.45) is 17.8 Å². The number of carbonyl (C=O) groups is 4. The van der Waals surface area contributed by atoms with Gasteiger partial charge in [0.2, 0.25) is 0 Å². The summed E-state index contributed by atoms with van der Waals surface area (Å²) in [5, 5.41) is 46.0. The van der Waals surface area contributed by atoms with Gasteiger partial charge >= 0.3 is 18.2 Å². The van der Waals surface area contributed by atoms with E-state index in [1.807, 2.05) is 82.0 Å². The zero-order valence-corrected chi connectivity index (χ0v) is 50.7. The number of cyclic esters (lactones) is 1. The van der Waals surface area contributed by atoms with Crippen molar-refractivity contribution in [3.05, 3.63) is 65.7 Å². The molecule has 2 aromatic carbocycles. The van der Waals surface area contributed by atoms with E-state index in [1.54, 1.807) is 72.9 Å². The van der Waals surface area contributed by atoms with Crippen molar-refractivity contribution >= 4 is 24.1 Å². The minimum absolute atomic E-state index is 0.0129. The number of esters is 1. The molecule has 0 bridgehead atoms. The van der Waals surface area contributed by atoms with Crippen molar-refractivity contribution in [2.75, 3.05) is 61.5 Å². The van der Waals surface area contributed by atoms with Gasteiger partial charge in [-0.15, -0.1) is 0 Å². The highest BCUT2D eigenvalue weighted by molar-refractivity contribution is 5.94. The Morgan fingerprint density at radius 3 is 2.02 bits per heavy atom. The molecule has 3 fully saturated rings. The number of rotatable bonds is 19. The van der Waals surface area contributed by atoms with Crippen LogP contribution in [0.5, 0.6) is 5.75 Å². The van der Waals surface area contributed by atoms with Gasteiger partial charge < -0.3 is 78.8 Å². The standard InChI is InChI=1S/C60H97N5O16/c1-16-46-60(10,72)51(80-57(70)63-31-28-42-22-18-17-19-23-42)40(6)65(13)35-36(2)33-58(8,71)50(79-55-48(66)45(64(11)12)32-37(3)75-55)38(4)49(39(5)54(68)77-46)78-47-34-59(9,74-15)52(41(7)76-47)81-56(69)62-30-21-20-29-61-53(67)43-24-26-44(73-14)27-25-43/h17-19,22-27,36-41,45-52,55,66,71-72H,16,20-21,28-35H2,1-15H3,(H,61,67)(H,62,69)(H,63,70)/t36-,37-,38+,39-,40-,41+,45+,46-,47+,48-,49+,50-,51-,52+,55+,58-,59-,60-/m1/s1. The fourth-order valence-electron chi connectivity index (χ4n) is 11.9. The highest BCUT2D eigenvalue weighted by Gasteiger charge is 2.54. The zero-order chi connectivity index (χ0) is 60.0. The highest BCUT2D eigenvalue weighted by atomic mass is 16.7. The molecule has 6 N–H and O–H groups in total. The number of amides is 3. The Morgan fingerprint density at radius 1 is 0.802 bits per heavy atom. The number of aliphatic hydroxyl groups excluding tert-OH is 1. The number of nitrogens with one attached hydrogen (secondary N) is 3. The average Bonchev–Trinajstić information content (AvgIpc) is 3.42. The second-order valence-electron chi connectivity index (χ2n) is 23.7. The molecule has 3 amide bonds. The molecule has 0 radical (unpaired) electrons. The summed E-state index contributed by atoms with van der Waals surface area (Å²) in [5.41, 5.74) is -3.29. The Labute approximate surface area is 480 Å². The first-order valence-electron chi connectivity index (χ1n) is 28.9. The predicted octanol–water partition coefficient (Wildman–Crippen LogP) is 5.83. The summed E-state index contributed by atoms with van der Waals surface area (Å²) in [5.74, 6) is -2.62. The molecule has 5 rings (SSSR count). The van der Waals surface area contributed by atoms with Crippen LogP contribution in [-0.2, 0) is 49.1 Å². The van der Waals surface area contributed by atoms with Crippen LogP contribution in [0.25, 0.3) is 0 Å². The minimum Gasteiger partial charge on any atom is -0.497 e. The van der Waals surface area contributed by atoms with Gasteiger partial charge in [-0.1, -0.05) is 51.1 Å². The molecule has 81 heavy (non-hydrogen) atoms. The molecule has 0 spiro atoms. The van der Waals surface area contributed by atoms with Gasteiger partial charge in [0.15, 0.2) is 24.8 Å². The lowest BCUT2D eigenvalue weighted by atomic mass is 9.77. The van der Waals surface area contributed by atoms with Gasteiger partial charge in [-0.3, -0.25) is 14.5 Å². The van der Waals surface area contributed by atoms with Crippen LogP contribution in [0.2, 0.25) is 0 Å². The largest absolute Gasteiger partial charge is 0.497 e. The van der Waals surface area contributed by atoms with Crippen LogP contribution >= 0.6 is 0 Å². The van der Waals surface area contributed by atoms with E-state index in [4.69, 9.17) is 42.6 Å². The van der Waals surface area contributed by atoms with E-state index in [0.717, 1.165) is 5.56 Å². The van der Waals surface area contributed by atoms with Crippen LogP contribution in [0.3, 0.4) is 0 Å². The maximum Gasteiger partial charge on any atom is 0.407 e. The van der Waals surface area contributed by atoms with Crippen molar-refractivity contribution < 1.29 is 77.1 Å². The van der Waals surface area contributed by atoms with Gasteiger partial charge in [-0.2, -0.15) is 0 Å². The van der Waals surface area contributed by atoms with Crippen molar-refractivity contribution in [3.63, 3.8) is 0 Å². The van der Waals surface area contributed by atoms with E-state index in [1.165, 1.54) is 14.0 Å². The van der Waals surface area contributed by atoms with Crippen LogP contribution in [0.1, 0.15) is 124 Å². The smallest absolute Gasteiger partial charge is 0.407 e. The molecule has 2 aromatic rings. The average molecular weight is 1140 g/mol. The first-order valence-corrected chi connectivity index (χ1v) is 28.9. The second kappa shape index (κ2) is 30.2. The number of ether oxygens (including phenoxy) is 9. The molecule has 3 heterocycles. The second-order valence-corrected chi connectivity index (χ2v) is 23.7. The fourth-order valence-corrected chi connectivity index (χ4v) is 11.9. The predicted molar refractivity (Wildman–Crippen MR) is 303 cm³/mol. The number of nitrogens with zero attached hydrogens (tertiary/aromatic N) is 2. The van der Waals surface area contributed by atoms with Crippen LogP contribution in [-0.4, -0.2) is 201 Å². The molecule has 0 saturated carbocycles. The quantitative estimate of drug-likeness (QED) is 0.0550. The normalized spacial score (nSPS) is 35.6. The van der Waals surface area contributed by atoms with Gasteiger partial charge in [-0.25, -0.2) is 9.59 Å². The van der Waals surface area contributed by atoms with Crippen LogP contribution < -0.4 is 20.7 Å². The van der Waals surface area contributed by atoms with E-state index in [2.05, 4.69) is 16.0 Å². The van der Waals surface area contributed by atoms with Gasteiger partial charge in [0.05, 0.1) is 43.0 Å². The van der Waals surface area contributed by atoms with Gasteiger partial charge in [-0.05, 0) is 144 Å². The van der Waals surface area contributed by atoms with Crippen LogP contribution in [0.15, 0.2) is 54.6 Å². The summed E-state index contributed by atoms with van der Waals surface area (Å²) in [6.45, 7) is 18.9. The summed E-state index contributed by atoms with van der Waals surface area (Å²) in [4.78, 5) is 58.5. The summed E-state index contributed by atoms with van der Waals surface area (Å²) < 4.78 is 56.5. The van der Waals surface area contributed by atoms with Gasteiger partial charge in [0.25, 0.3) is 5.91 Å². The monoisotopic (exact) mass is 1140 g/mol. The Bertz CT molecular complexity index is 2280. The van der Waals surface area contributed by atoms with E-state index in [9.17, 15) is 34.5 Å². The summed E-state index contributed by atoms with van der Waals surface area (Å²) in [6, 6.07) is 15.5. The third-order valence-corrected chi connectivity index (χ3v) is 16.6. The number of likely N-dealkylation sites (N-methyl/N-ethyl adjacent to an activating group) is 2. The third-order valence-electron chi connectivity index (χ3n) is 16.6. The molecule has 0 aliphatic carbocycles. The lowest BCUT2D eigenvalue weighted by Gasteiger charge is -2.49. The number of unbranched alkanes of at least 4 members (excludes halogenated alkanes) is 1. The van der Waals surface area contributed by atoms with Crippen molar-refractivity contribution in [1.29, 1.82) is 0 Å². The number of benzene rings is 2. The fraction of sp³-hybridized carbons (Fsp3) is 0.733. The lowest BCUT2D eigenvalue weighted by Crippen LogP contribution is -2.61. The molecule has 0 unspecified atom stereocenters. The number of alkyl carbamates (subject to hydrolysis) is 2. The number of aliphatic hydroxyl groups is 3. The zero-order valence-electron chi connectivity index (χ0n) is 50.7. The maximum atomic E-state index is 15.0. The van der Waals surface area contributed by atoms with Crippen molar-refractivity contribution in [1.82, 2.24) is 25.8 Å². The molecule has 3 aliphatic heterocycles. The first kappa shape index (κ1) is 67.1. The van der Waals surface area contributed by atoms with Crippen LogP contribution in [0, 0.1) is 17.8 Å². The van der Waals surface area contributed by atoms with E-state index >= 15 is 0 Å². The lowest BCUT2D eigenvalue weighted by molar-refractivity contribution is -0.317. The number of hydrogen-bond donors (Lipinski definition) is 6. The summed E-state index contributed by atoms with van der Waals surface area (Å²) in [6.07, 6.45) is -9.19. The molecule has 0 aromatic heterocycles. The topological polar surface area (TPSA) is 255 Å². The van der Waals surface area contributed by atoms with E-state index < -0.39 is 108 Å². The molecular weight excluding hydrogens is 1050 g/mol. The van der Waals surface area contributed by atoms with Crippen molar-refractivity contribution in [3.8, 4) is 5.75 Å². The van der Waals surface area contributed by atoms with Gasteiger partial charge in [0, 0.05) is 63.3 Å². The SMILES string of the molecule is CC[C@H]1OC(=O)[C@H](C)[C@@H](O[C@H]2C[C@@](C)(OC)[C@@H](OC(=O)NCCCCNC(=O)c3ccc(OC)cc3)[C@H](C)O2)[C@H](C)[C@@H](O[C@@H]2O[C@H](C)C[C@H](N(C)C)[C@H]2O)[C@](C)(O)C[C@@H](C)CN(C)[C@H](C)[C@@H](OC(=O)NCCc2ccccc2)[C@]1(C)O. The molecular formula is C60H97N5O16. The maximum absolute atomic E-state index is 15.0. The number of methoxy groups -OCH3 is 2. The molecule has 18 atom stereocenters. The molecule has 21 nitrogen and oxygen atoms in total. The van der Waals surface area contributed by atoms with E-state index in [-0.39, 0.29) is 56.3 Å². The number of carbonyl (C=O) groups excluding carboxylic acids is 4. The van der Waals surface area contributed by atoms with Gasteiger partial charge in [0.1, 0.15) is 29.2 Å². The third kappa shape index (κ3) is 18.2. The molecule has 3 aliphatic rings. The molecule has 458 valence electrons. The molecule has 3 saturated heterocycles. The minimum atomic E-state index is -1.94. The Hall–Kier alpha value is -4.68. The van der Waals surface area contributed by atoms with Crippen molar-refractivity contribution in [2.45, 2.75) is 204 Å². The Balaban J connectivity index is 1.41. The summed E-state index contributed by atoms with van der Waals surface area (Å²) >= 11 is 0. The Morgan fingerprint density at radius 2 is 1.42 bits per heavy atom. The number of hydrogen-bond acceptors (Lipinski definition) is 18. The Kier molecular flexibility index (Phi) is 25.0. The first-order chi connectivity index (χ1) is 38.2. The van der Waals surface area contributed by atoms with Crippen LogP contribution in [0.4, 0.5) is 9.59 Å². The summed E-state index contributed by atoms with van der Waals surface area (Å²) in [7, 11) is 8.64.